The molecule has 0 bridgehead atoms. The van der Waals surface area contributed by atoms with Crippen molar-refractivity contribution in [3.63, 3.8) is 0 Å². The number of nitrogens with zero attached hydrogens (tertiary/aromatic N) is 7. The highest BCUT2D eigenvalue weighted by atomic mass is 35.5. The van der Waals surface area contributed by atoms with Gasteiger partial charge in [-0.3, -0.25) is 52.7 Å². The number of carbonyl (C=O) groups is 11. The molecule has 1 aromatic rings. The first-order chi connectivity index (χ1) is 42.3. The fourth-order valence-corrected chi connectivity index (χ4v) is 13.9. The minimum absolute atomic E-state index is 0.0370. The Morgan fingerprint density at radius 3 is 1.88 bits per heavy atom. The lowest BCUT2D eigenvalue weighted by Crippen LogP contribution is -2.64. The molecule has 0 radical (unpaired) electrons. The summed E-state index contributed by atoms with van der Waals surface area (Å²) >= 11 is 6.11. The van der Waals surface area contributed by atoms with E-state index in [-0.39, 0.29) is 63.3 Å². The van der Waals surface area contributed by atoms with Gasteiger partial charge in [-0.1, -0.05) is 103 Å². The Morgan fingerprint density at radius 2 is 1.29 bits per heavy atom. The maximum Gasteiger partial charge on any atom is 0.417 e. The summed E-state index contributed by atoms with van der Waals surface area (Å²) in [5.74, 6) is -7.76. The standard InChI is InChI=1S/C64H97ClF3N11O11/c1-12-39(4)53-61(89)75(8)36-51(82)73(6)37-52(83)76(9)48(34-41-20-14-13-15-21-41)60(88)74(7)35-49(80)70-46(28-26-42-25-27-44(45(65)33-42)64(66,67)68)59(87)79-31-19-24-47(79)56(84)72-63(29-16-17-30-63)62(90)78(11)54(38(2)3)57(85)69-40(5)32-50(81)77(10)55(58(86)71-53)43-22-18-23-43/h25,27,33,38-41,43,46-48,53-55H,12-24,26,28-32,34-37H2,1-11H3,(H,69,85)(H,70,80)(H,71,86)(H,72,84)/t39-,40+,46-,47?,48-,53-,54-,55-/m0/s1. The highest BCUT2D eigenvalue weighted by Gasteiger charge is 2.50. The van der Waals surface area contributed by atoms with Crippen LogP contribution in [0.3, 0.4) is 0 Å². The van der Waals surface area contributed by atoms with E-state index >= 15 is 0 Å². The van der Waals surface area contributed by atoms with Gasteiger partial charge in [-0.15, -0.1) is 0 Å². The summed E-state index contributed by atoms with van der Waals surface area (Å²) in [6, 6.07) is -4.45. The molecule has 26 heteroatoms. The molecule has 1 spiro atoms. The van der Waals surface area contributed by atoms with Gasteiger partial charge >= 0.3 is 6.18 Å². The number of halogens is 4. The average Bonchev–Trinajstić information content (AvgIpc) is 1.86. The van der Waals surface area contributed by atoms with Crippen molar-refractivity contribution in [2.24, 2.45) is 23.7 Å². The third kappa shape index (κ3) is 17.9. The van der Waals surface area contributed by atoms with Crippen molar-refractivity contribution in [2.45, 2.75) is 211 Å². The summed E-state index contributed by atoms with van der Waals surface area (Å²) in [6.07, 6.45) is 4.05. The normalized spacial score (nSPS) is 27.2. The predicted molar refractivity (Wildman–Crippen MR) is 330 cm³/mol. The van der Waals surface area contributed by atoms with Crippen molar-refractivity contribution in [3.8, 4) is 0 Å². The molecule has 5 aliphatic rings. The molecule has 0 aromatic heterocycles. The molecule has 90 heavy (non-hydrogen) atoms. The van der Waals surface area contributed by atoms with Gasteiger partial charge in [0, 0.05) is 61.3 Å². The molecule has 502 valence electrons. The second-order valence-corrected chi connectivity index (χ2v) is 27.0. The van der Waals surface area contributed by atoms with Gasteiger partial charge in [0.1, 0.15) is 41.8 Å². The van der Waals surface area contributed by atoms with Crippen molar-refractivity contribution in [1.82, 2.24) is 55.6 Å². The molecule has 3 saturated carbocycles. The second kappa shape index (κ2) is 31.7. The van der Waals surface area contributed by atoms with E-state index in [1.54, 1.807) is 27.7 Å². The van der Waals surface area contributed by atoms with Gasteiger partial charge in [0.25, 0.3) is 0 Å². The van der Waals surface area contributed by atoms with E-state index in [1.807, 2.05) is 6.92 Å². The summed E-state index contributed by atoms with van der Waals surface area (Å²) in [5.41, 5.74) is -2.24. The molecule has 2 saturated heterocycles. The SMILES string of the molecule is CC[C@H](C)[C@@H]1NC(=O)[C@H](C2CCC2)N(C)C(=O)C[C@@H](C)NC(=O)[C@H](C(C)C)N(C)C(=O)C2(CCCC2)NC(=O)C2CCCN2C(=O)[C@H](CCc2ccc(C(F)(F)F)c(Cl)c2)NC(=O)CN(C)C(=O)[C@H](CC2CCCCC2)N(C)C(=O)CN(C)C(=O)CN(C)C1=O. The number of carbonyl (C=O) groups excluding carboxylic acids is 11. The Bertz CT molecular complexity index is 2790. The van der Waals surface area contributed by atoms with Crippen molar-refractivity contribution < 1.29 is 65.9 Å². The van der Waals surface area contributed by atoms with E-state index in [1.165, 1.54) is 72.9 Å². The average molecular weight is 1290 g/mol. The van der Waals surface area contributed by atoms with Crippen LogP contribution in [0.25, 0.3) is 0 Å². The Hall–Kier alpha value is -6.53. The van der Waals surface area contributed by atoms with Crippen LogP contribution in [-0.2, 0) is 65.3 Å². The van der Waals surface area contributed by atoms with Gasteiger partial charge in [0.05, 0.1) is 30.2 Å². The zero-order chi connectivity index (χ0) is 66.7. The minimum atomic E-state index is -4.74. The summed E-state index contributed by atoms with van der Waals surface area (Å²) in [6.45, 7) is 7.27. The Balaban J connectivity index is 1.35. The maximum atomic E-state index is 15.0. The predicted octanol–water partition coefficient (Wildman–Crippen LogP) is 4.92. The van der Waals surface area contributed by atoms with Crippen molar-refractivity contribution in [2.75, 3.05) is 68.5 Å². The van der Waals surface area contributed by atoms with Crippen molar-refractivity contribution in [3.05, 3.63) is 34.3 Å². The van der Waals surface area contributed by atoms with Crippen LogP contribution < -0.4 is 21.3 Å². The molecule has 11 amide bonds. The molecule has 1 aromatic carbocycles. The number of hydrogen-bond donors (Lipinski definition) is 4. The summed E-state index contributed by atoms with van der Waals surface area (Å²) in [5, 5.41) is 11.0. The minimum Gasteiger partial charge on any atom is -0.351 e. The lowest BCUT2D eigenvalue weighted by Gasteiger charge is -2.40. The number of alkyl halides is 3. The molecular weight excluding hydrogens is 1190 g/mol. The van der Waals surface area contributed by atoms with Crippen molar-refractivity contribution in [1.29, 1.82) is 0 Å². The topological polar surface area (TPSA) is 259 Å². The van der Waals surface area contributed by atoms with Crippen LogP contribution in [0.4, 0.5) is 13.2 Å². The molecule has 4 N–H and O–H groups in total. The van der Waals surface area contributed by atoms with Gasteiger partial charge in [-0.25, -0.2) is 0 Å². The first-order valence-electron chi connectivity index (χ1n) is 32.2. The molecule has 2 aliphatic heterocycles. The molecule has 1 unspecified atom stereocenters. The van der Waals surface area contributed by atoms with Gasteiger partial charge in [0.15, 0.2) is 0 Å². The smallest absolute Gasteiger partial charge is 0.351 e. The first-order valence-corrected chi connectivity index (χ1v) is 32.6. The molecular formula is C64H97ClF3N11O11. The van der Waals surface area contributed by atoms with E-state index in [9.17, 15) is 65.9 Å². The molecule has 22 nitrogen and oxygen atoms in total. The number of amides is 11. The summed E-state index contributed by atoms with van der Waals surface area (Å²) in [7, 11) is 8.62. The van der Waals surface area contributed by atoms with Crippen LogP contribution in [-0.4, -0.2) is 216 Å². The van der Waals surface area contributed by atoms with E-state index in [0.717, 1.165) is 60.5 Å². The fourth-order valence-electron chi connectivity index (χ4n) is 13.6. The monoisotopic (exact) mass is 1290 g/mol. The van der Waals surface area contributed by atoms with Crippen molar-refractivity contribution >= 4 is 76.6 Å². The number of fused-ring (bicyclic) bond motifs is 1. The Morgan fingerprint density at radius 1 is 0.656 bits per heavy atom. The van der Waals surface area contributed by atoms with Crippen LogP contribution >= 0.6 is 11.6 Å². The Labute approximate surface area is 533 Å². The van der Waals surface area contributed by atoms with Gasteiger partial charge in [-0.05, 0) is 106 Å². The van der Waals surface area contributed by atoms with Crippen LogP contribution in [0.15, 0.2) is 18.2 Å². The van der Waals surface area contributed by atoms with Crippen LogP contribution in [0, 0.1) is 23.7 Å². The third-order valence-electron chi connectivity index (χ3n) is 19.5. The molecule has 3 aliphatic carbocycles. The summed E-state index contributed by atoms with van der Waals surface area (Å²) in [4.78, 5) is 168. The largest absolute Gasteiger partial charge is 0.417 e. The molecule has 6 rings (SSSR count). The molecule has 5 fully saturated rings. The summed E-state index contributed by atoms with van der Waals surface area (Å²) < 4.78 is 41.3. The highest BCUT2D eigenvalue weighted by molar-refractivity contribution is 6.31. The number of rotatable bonds is 9. The van der Waals surface area contributed by atoms with Gasteiger partial charge < -0.3 is 55.6 Å². The van der Waals surface area contributed by atoms with Crippen LogP contribution in [0.2, 0.25) is 5.02 Å². The van der Waals surface area contributed by atoms with E-state index < -0.39 is 161 Å². The fraction of sp³-hybridized carbons (Fsp3) is 0.734. The van der Waals surface area contributed by atoms with E-state index in [2.05, 4.69) is 21.3 Å². The van der Waals surface area contributed by atoms with E-state index in [0.29, 0.717) is 44.1 Å². The van der Waals surface area contributed by atoms with E-state index in [4.69, 9.17) is 11.6 Å². The van der Waals surface area contributed by atoms with Crippen LogP contribution in [0.5, 0.6) is 0 Å². The third-order valence-corrected chi connectivity index (χ3v) is 19.8. The second-order valence-electron chi connectivity index (χ2n) is 26.6. The number of benzene rings is 1. The highest BCUT2D eigenvalue weighted by Crippen LogP contribution is 2.37. The molecule has 8 atom stereocenters. The number of aryl methyl sites for hydroxylation is 1. The lowest BCUT2D eigenvalue weighted by molar-refractivity contribution is -0.149. The zero-order valence-electron chi connectivity index (χ0n) is 54.5. The van der Waals surface area contributed by atoms with Gasteiger partial charge in [-0.2, -0.15) is 13.2 Å². The quantitative estimate of drug-likeness (QED) is 0.258. The van der Waals surface area contributed by atoms with Crippen LogP contribution in [0.1, 0.15) is 161 Å². The first kappa shape index (κ1) is 72.5. The molecule has 2 heterocycles. The zero-order valence-corrected chi connectivity index (χ0v) is 55.2. The maximum absolute atomic E-state index is 15.0. The number of nitrogens with one attached hydrogen (secondary N) is 4. The number of likely N-dealkylation sites (N-methyl/N-ethyl adjacent to an activating group) is 6. The number of hydrogen-bond acceptors (Lipinski definition) is 11. The lowest BCUT2D eigenvalue weighted by atomic mass is 9.78. The van der Waals surface area contributed by atoms with Gasteiger partial charge in [0.2, 0.25) is 65.0 Å². The Kier molecular flexibility index (Phi) is 25.5.